The van der Waals surface area contributed by atoms with Gasteiger partial charge in [-0.1, -0.05) is 30.3 Å². The number of nitrogens with one attached hydrogen (secondary N) is 3. The molecule has 0 radical (unpaired) electrons. The van der Waals surface area contributed by atoms with Crippen molar-refractivity contribution in [2.24, 2.45) is 0 Å². The molecule has 2 aromatic heterocycles. The van der Waals surface area contributed by atoms with E-state index in [1.54, 1.807) is 0 Å². The van der Waals surface area contributed by atoms with Crippen molar-refractivity contribution in [3.63, 3.8) is 0 Å². The van der Waals surface area contributed by atoms with Gasteiger partial charge in [0.15, 0.2) is 17.0 Å². The summed E-state index contributed by atoms with van der Waals surface area (Å²) in [7, 11) is 2.18. The van der Waals surface area contributed by atoms with E-state index in [-0.39, 0.29) is 0 Å². The van der Waals surface area contributed by atoms with Gasteiger partial charge in [-0.25, -0.2) is 4.98 Å². The van der Waals surface area contributed by atoms with Crippen molar-refractivity contribution in [2.75, 3.05) is 61.8 Å². The summed E-state index contributed by atoms with van der Waals surface area (Å²) in [6.45, 7) is 6.97. The van der Waals surface area contributed by atoms with Crippen LogP contribution in [0.15, 0.2) is 60.9 Å². The van der Waals surface area contributed by atoms with Gasteiger partial charge in [0.25, 0.3) is 0 Å². The molecular weight excluding hydrogens is 462 g/mol. The van der Waals surface area contributed by atoms with E-state index in [9.17, 15) is 0 Å². The van der Waals surface area contributed by atoms with Gasteiger partial charge in [0.05, 0.1) is 6.33 Å². The maximum Gasteiger partial charge on any atom is 0.231 e. The van der Waals surface area contributed by atoms with E-state index in [0.29, 0.717) is 18.5 Å². The molecule has 6 rings (SSSR count). The molecule has 2 aromatic carbocycles. The maximum absolute atomic E-state index is 4.94. The minimum Gasteiger partial charge on any atom is -0.369 e. The molecule has 2 saturated heterocycles. The van der Waals surface area contributed by atoms with Gasteiger partial charge in [-0.05, 0) is 56.3 Å². The van der Waals surface area contributed by atoms with Crippen LogP contribution in [-0.2, 0) is 6.54 Å². The first-order valence-corrected chi connectivity index (χ1v) is 13.3. The van der Waals surface area contributed by atoms with E-state index >= 15 is 0 Å². The van der Waals surface area contributed by atoms with E-state index in [1.807, 2.05) is 12.4 Å². The molecule has 1 unspecified atom stereocenters. The van der Waals surface area contributed by atoms with Crippen LogP contribution in [0, 0.1) is 0 Å². The highest BCUT2D eigenvalue weighted by molar-refractivity contribution is 5.85. The zero-order chi connectivity index (χ0) is 25.0. The van der Waals surface area contributed by atoms with Crippen LogP contribution < -0.4 is 20.9 Å². The van der Waals surface area contributed by atoms with E-state index in [1.165, 1.54) is 11.3 Å². The third-order valence-corrected chi connectivity index (χ3v) is 7.38. The second-order valence-electron chi connectivity index (χ2n) is 10.0. The SMILES string of the molecule is CN1CCN(c2ccc(Nc3nc(NCc4ccccc4)c4ncn(C5CCCNC5)c4n3)cc2)CC1. The molecule has 2 fully saturated rings. The minimum absolute atomic E-state index is 0.339. The van der Waals surface area contributed by atoms with Gasteiger partial charge in [-0.3, -0.25) is 0 Å². The zero-order valence-electron chi connectivity index (χ0n) is 21.4. The van der Waals surface area contributed by atoms with Gasteiger partial charge in [-0.15, -0.1) is 0 Å². The van der Waals surface area contributed by atoms with Crippen molar-refractivity contribution in [3.05, 3.63) is 66.5 Å². The van der Waals surface area contributed by atoms with Crippen LogP contribution in [0.1, 0.15) is 24.4 Å². The number of nitrogens with zero attached hydrogens (tertiary/aromatic N) is 6. The van der Waals surface area contributed by atoms with Crippen LogP contribution in [0.4, 0.5) is 23.1 Å². The molecule has 0 bridgehead atoms. The number of hydrogen-bond donors (Lipinski definition) is 3. The fourth-order valence-electron chi connectivity index (χ4n) is 5.16. The highest BCUT2D eigenvalue weighted by Crippen LogP contribution is 2.28. The Hall–Kier alpha value is -3.69. The highest BCUT2D eigenvalue weighted by atomic mass is 15.3. The first-order chi connectivity index (χ1) is 18.2. The van der Waals surface area contributed by atoms with Gasteiger partial charge in [0, 0.05) is 56.7 Å². The summed E-state index contributed by atoms with van der Waals surface area (Å²) in [6, 6.07) is 19.3. The van der Waals surface area contributed by atoms with Crippen molar-refractivity contribution in [1.82, 2.24) is 29.7 Å². The largest absolute Gasteiger partial charge is 0.369 e. The van der Waals surface area contributed by atoms with Gasteiger partial charge in [0.1, 0.15) is 0 Å². The van der Waals surface area contributed by atoms with Crippen LogP contribution in [0.25, 0.3) is 11.2 Å². The number of piperazine rings is 1. The quantitative estimate of drug-likeness (QED) is 0.355. The fraction of sp³-hybridized carbons (Fsp3) is 0.393. The second kappa shape index (κ2) is 10.7. The molecule has 192 valence electrons. The summed E-state index contributed by atoms with van der Waals surface area (Å²) in [5.41, 5.74) is 5.08. The van der Waals surface area contributed by atoms with Crippen molar-refractivity contribution in [2.45, 2.75) is 25.4 Å². The van der Waals surface area contributed by atoms with Gasteiger partial charge in [-0.2, -0.15) is 9.97 Å². The summed E-state index contributed by atoms with van der Waals surface area (Å²) in [4.78, 5) is 19.3. The molecule has 2 aliphatic heterocycles. The molecule has 37 heavy (non-hydrogen) atoms. The second-order valence-corrected chi connectivity index (χ2v) is 10.0. The van der Waals surface area contributed by atoms with Crippen LogP contribution in [0.2, 0.25) is 0 Å². The molecule has 0 aliphatic carbocycles. The third kappa shape index (κ3) is 5.38. The van der Waals surface area contributed by atoms with E-state index < -0.39 is 0 Å². The van der Waals surface area contributed by atoms with Crippen molar-refractivity contribution in [1.29, 1.82) is 0 Å². The van der Waals surface area contributed by atoms with Crippen molar-refractivity contribution < 1.29 is 0 Å². The van der Waals surface area contributed by atoms with Crippen molar-refractivity contribution >= 4 is 34.3 Å². The number of anilines is 4. The normalized spacial score (nSPS) is 18.7. The van der Waals surface area contributed by atoms with Gasteiger partial charge in [0.2, 0.25) is 5.95 Å². The van der Waals surface area contributed by atoms with E-state index in [0.717, 1.165) is 74.8 Å². The topological polar surface area (TPSA) is 86.2 Å². The number of rotatable bonds is 7. The monoisotopic (exact) mass is 497 g/mol. The van der Waals surface area contributed by atoms with Crippen LogP contribution in [-0.4, -0.2) is 70.7 Å². The number of hydrogen-bond acceptors (Lipinski definition) is 8. The number of benzene rings is 2. The Kier molecular flexibility index (Phi) is 6.88. The van der Waals surface area contributed by atoms with Gasteiger partial charge >= 0.3 is 0 Å². The van der Waals surface area contributed by atoms with Crippen LogP contribution in [0.3, 0.4) is 0 Å². The Bertz CT molecular complexity index is 1310. The lowest BCUT2D eigenvalue weighted by atomic mass is 10.1. The summed E-state index contributed by atoms with van der Waals surface area (Å²) in [5, 5.41) is 10.5. The molecule has 3 N–H and O–H groups in total. The number of piperidine rings is 1. The van der Waals surface area contributed by atoms with Crippen molar-refractivity contribution in [3.8, 4) is 0 Å². The molecule has 9 nitrogen and oxygen atoms in total. The Labute approximate surface area is 217 Å². The van der Waals surface area contributed by atoms with E-state index in [2.05, 4.69) is 85.9 Å². The van der Waals surface area contributed by atoms with E-state index in [4.69, 9.17) is 15.0 Å². The lowest BCUT2D eigenvalue weighted by Gasteiger charge is -2.34. The standard InChI is InChI=1S/C28H35N9/c1-35-14-16-36(17-15-35)23-11-9-22(10-12-23)32-28-33-26(30-18-21-6-3-2-4-7-21)25-27(34-28)37(20-31-25)24-8-5-13-29-19-24/h2-4,6-7,9-12,20,24,29H,5,8,13-19H2,1H3,(H2,30,32,33,34). The first kappa shape index (κ1) is 23.7. The first-order valence-electron chi connectivity index (χ1n) is 13.3. The Morgan fingerprint density at radius 2 is 1.78 bits per heavy atom. The average Bonchev–Trinajstić information content (AvgIpc) is 3.38. The Morgan fingerprint density at radius 3 is 2.54 bits per heavy atom. The highest BCUT2D eigenvalue weighted by Gasteiger charge is 2.21. The molecular formula is C28H35N9. The summed E-state index contributed by atoms with van der Waals surface area (Å²) < 4.78 is 2.21. The van der Waals surface area contributed by atoms with Crippen LogP contribution >= 0.6 is 0 Å². The number of imidazole rings is 1. The third-order valence-electron chi connectivity index (χ3n) is 7.38. The maximum atomic E-state index is 4.94. The number of aromatic nitrogens is 4. The Morgan fingerprint density at radius 1 is 0.973 bits per heavy atom. The Balaban J connectivity index is 1.27. The summed E-state index contributed by atoms with van der Waals surface area (Å²) >= 11 is 0. The molecule has 0 spiro atoms. The zero-order valence-corrected chi connectivity index (χ0v) is 21.4. The smallest absolute Gasteiger partial charge is 0.231 e. The lowest BCUT2D eigenvalue weighted by molar-refractivity contribution is 0.313. The molecule has 0 amide bonds. The lowest BCUT2D eigenvalue weighted by Crippen LogP contribution is -2.44. The molecule has 4 heterocycles. The molecule has 2 aliphatic rings. The molecule has 1 atom stereocenters. The minimum atomic E-state index is 0.339. The molecule has 4 aromatic rings. The molecule has 0 saturated carbocycles. The average molecular weight is 498 g/mol. The van der Waals surface area contributed by atoms with Gasteiger partial charge < -0.3 is 30.3 Å². The number of likely N-dealkylation sites (N-methyl/N-ethyl adjacent to an activating group) is 1. The summed E-state index contributed by atoms with van der Waals surface area (Å²) in [5.74, 6) is 1.31. The van der Waals surface area contributed by atoms with Crippen LogP contribution in [0.5, 0.6) is 0 Å². The number of fused-ring (bicyclic) bond motifs is 1. The predicted molar refractivity (Wildman–Crippen MR) is 150 cm³/mol. The fourth-order valence-corrected chi connectivity index (χ4v) is 5.16. The predicted octanol–water partition coefficient (Wildman–Crippen LogP) is 3.86. The summed E-state index contributed by atoms with van der Waals surface area (Å²) in [6.07, 6.45) is 4.18. The molecule has 9 heteroatoms.